The number of aliphatic carboxylic acids is 1. The third-order valence-electron chi connectivity index (χ3n) is 4.34. The fourth-order valence-electron chi connectivity index (χ4n) is 3.34. The number of rotatable bonds is 2. The molecule has 0 aliphatic carbocycles. The van der Waals surface area contributed by atoms with Crippen molar-refractivity contribution in [2.75, 3.05) is 18.0 Å². The number of hydrogen-bond acceptors (Lipinski definition) is 4. The first kappa shape index (κ1) is 16.5. The molecule has 5 nitrogen and oxygen atoms in total. The molecular weight excluding hydrogens is 333 g/mol. The highest BCUT2D eigenvalue weighted by Crippen LogP contribution is 2.38. The Morgan fingerprint density at radius 1 is 1.50 bits per heavy atom. The van der Waals surface area contributed by atoms with Gasteiger partial charge in [-0.05, 0) is 24.5 Å². The van der Waals surface area contributed by atoms with E-state index in [1.165, 1.54) is 18.3 Å². The van der Waals surface area contributed by atoms with Gasteiger partial charge in [-0.3, -0.25) is 9.78 Å². The van der Waals surface area contributed by atoms with Gasteiger partial charge in [-0.1, -0.05) is 18.5 Å². The molecule has 0 radical (unpaired) electrons. The Morgan fingerprint density at radius 3 is 2.92 bits per heavy atom. The van der Waals surface area contributed by atoms with E-state index in [2.05, 4.69) is 11.1 Å². The van der Waals surface area contributed by atoms with Crippen molar-refractivity contribution >= 4 is 34.2 Å². The molecular formula is C17H15ClFN3O2. The van der Waals surface area contributed by atoms with Gasteiger partial charge in [-0.25, -0.2) is 4.39 Å². The number of carboxylic acids is 1. The number of benzene rings is 1. The van der Waals surface area contributed by atoms with Crippen molar-refractivity contribution in [3.05, 3.63) is 34.7 Å². The average molecular weight is 348 g/mol. The van der Waals surface area contributed by atoms with Crippen LogP contribution >= 0.6 is 11.6 Å². The molecule has 1 fully saturated rings. The minimum absolute atomic E-state index is 0.0848. The SMILES string of the molecule is CC1CC(C(=O)O)CN(c2c(C#N)cnc3c(F)ccc(Cl)c23)C1. The highest BCUT2D eigenvalue weighted by molar-refractivity contribution is 6.36. The number of carboxylic acid groups (broad SMARTS) is 1. The van der Waals surface area contributed by atoms with Crippen LogP contribution in [-0.2, 0) is 4.79 Å². The number of nitrogens with zero attached hydrogens (tertiary/aromatic N) is 3. The van der Waals surface area contributed by atoms with Crippen LogP contribution < -0.4 is 4.90 Å². The van der Waals surface area contributed by atoms with E-state index in [9.17, 15) is 19.6 Å². The molecule has 0 bridgehead atoms. The number of halogens is 2. The lowest BCUT2D eigenvalue weighted by atomic mass is 9.89. The summed E-state index contributed by atoms with van der Waals surface area (Å²) in [6, 6.07) is 4.71. The van der Waals surface area contributed by atoms with Gasteiger partial charge in [0.15, 0.2) is 0 Å². The maximum absolute atomic E-state index is 14.1. The highest BCUT2D eigenvalue weighted by Gasteiger charge is 2.32. The first-order valence-electron chi connectivity index (χ1n) is 7.57. The first-order chi connectivity index (χ1) is 11.4. The molecule has 1 aromatic carbocycles. The van der Waals surface area contributed by atoms with Crippen LogP contribution in [0.3, 0.4) is 0 Å². The summed E-state index contributed by atoms with van der Waals surface area (Å²) in [6.07, 6.45) is 1.88. The normalized spacial score (nSPS) is 20.8. The van der Waals surface area contributed by atoms with E-state index in [1.54, 1.807) is 0 Å². The molecule has 1 N–H and O–H groups in total. The van der Waals surface area contributed by atoms with Crippen LogP contribution in [-0.4, -0.2) is 29.1 Å². The Bertz CT molecular complexity index is 865. The lowest BCUT2D eigenvalue weighted by Crippen LogP contribution is -2.43. The molecule has 2 heterocycles. The van der Waals surface area contributed by atoms with Gasteiger partial charge in [0, 0.05) is 24.7 Å². The molecule has 0 spiro atoms. The van der Waals surface area contributed by atoms with Crippen LogP contribution in [0.4, 0.5) is 10.1 Å². The standard InChI is InChI=1S/C17H15ClFN3O2/c1-9-4-10(17(23)24)8-22(7-9)16-11(5-20)6-21-15-13(19)3-2-12(18)14(15)16/h2-3,6,9-10H,4,7-8H2,1H3,(H,23,24). The zero-order chi connectivity index (χ0) is 17.4. The molecule has 2 aromatic rings. The molecule has 3 rings (SSSR count). The minimum Gasteiger partial charge on any atom is -0.481 e. The predicted molar refractivity (Wildman–Crippen MR) is 88.5 cm³/mol. The monoisotopic (exact) mass is 347 g/mol. The van der Waals surface area contributed by atoms with Crippen molar-refractivity contribution in [3.63, 3.8) is 0 Å². The number of fused-ring (bicyclic) bond motifs is 1. The van der Waals surface area contributed by atoms with E-state index >= 15 is 0 Å². The number of piperidine rings is 1. The summed E-state index contributed by atoms with van der Waals surface area (Å²) in [6.45, 7) is 2.78. The lowest BCUT2D eigenvalue weighted by Gasteiger charge is -2.37. The van der Waals surface area contributed by atoms with Crippen LogP contribution in [0.2, 0.25) is 5.02 Å². The molecule has 0 saturated carbocycles. The third kappa shape index (κ3) is 2.76. The molecule has 24 heavy (non-hydrogen) atoms. The van der Waals surface area contributed by atoms with Gasteiger partial charge >= 0.3 is 5.97 Å². The lowest BCUT2D eigenvalue weighted by molar-refractivity contribution is -0.142. The van der Waals surface area contributed by atoms with Crippen molar-refractivity contribution in [2.24, 2.45) is 11.8 Å². The second-order valence-electron chi connectivity index (χ2n) is 6.17. The summed E-state index contributed by atoms with van der Waals surface area (Å²) >= 11 is 6.26. The summed E-state index contributed by atoms with van der Waals surface area (Å²) in [7, 11) is 0. The largest absolute Gasteiger partial charge is 0.481 e. The quantitative estimate of drug-likeness (QED) is 0.900. The van der Waals surface area contributed by atoms with Gasteiger partial charge < -0.3 is 10.0 Å². The van der Waals surface area contributed by atoms with Crippen molar-refractivity contribution in [1.29, 1.82) is 5.26 Å². The second-order valence-corrected chi connectivity index (χ2v) is 6.57. The second kappa shape index (κ2) is 6.25. The van der Waals surface area contributed by atoms with Crippen LogP contribution in [0.25, 0.3) is 10.9 Å². The van der Waals surface area contributed by atoms with Gasteiger partial charge in [0.25, 0.3) is 0 Å². The van der Waals surface area contributed by atoms with Crippen LogP contribution in [0.15, 0.2) is 18.3 Å². The van der Waals surface area contributed by atoms with Crippen LogP contribution in [0.1, 0.15) is 18.9 Å². The smallest absolute Gasteiger partial charge is 0.308 e. The zero-order valence-electron chi connectivity index (χ0n) is 13.0. The van der Waals surface area contributed by atoms with Crippen molar-refractivity contribution in [1.82, 2.24) is 4.98 Å². The third-order valence-corrected chi connectivity index (χ3v) is 4.65. The Kier molecular flexibility index (Phi) is 4.29. The van der Waals surface area contributed by atoms with E-state index in [1.807, 2.05) is 11.8 Å². The molecule has 1 aliphatic heterocycles. The summed E-state index contributed by atoms with van der Waals surface area (Å²) in [5.41, 5.74) is 0.805. The highest BCUT2D eigenvalue weighted by atomic mass is 35.5. The average Bonchev–Trinajstić information content (AvgIpc) is 2.56. The molecule has 7 heteroatoms. The van der Waals surface area contributed by atoms with Gasteiger partial charge in [0.2, 0.25) is 0 Å². The summed E-state index contributed by atoms with van der Waals surface area (Å²) < 4.78 is 14.1. The Morgan fingerprint density at radius 2 is 2.25 bits per heavy atom. The number of aromatic nitrogens is 1. The van der Waals surface area contributed by atoms with Crippen LogP contribution in [0, 0.1) is 29.0 Å². The Balaban J connectivity index is 2.22. The predicted octanol–water partition coefficient (Wildman–Crippen LogP) is 3.45. The van der Waals surface area contributed by atoms with Crippen LogP contribution in [0.5, 0.6) is 0 Å². The van der Waals surface area contributed by atoms with E-state index in [0.717, 1.165) is 0 Å². The van der Waals surface area contributed by atoms with E-state index < -0.39 is 17.7 Å². The molecule has 2 unspecified atom stereocenters. The number of carbonyl (C=O) groups is 1. The number of anilines is 1. The Hall–Kier alpha value is -2.39. The fraction of sp³-hybridized carbons (Fsp3) is 0.353. The Labute approximate surface area is 143 Å². The zero-order valence-corrected chi connectivity index (χ0v) is 13.7. The molecule has 124 valence electrons. The van der Waals surface area contributed by atoms with Gasteiger partial charge in [-0.15, -0.1) is 0 Å². The number of pyridine rings is 1. The minimum atomic E-state index is -0.874. The summed E-state index contributed by atoms with van der Waals surface area (Å²) in [5, 5.41) is 19.5. The first-order valence-corrected chi connectivity index (χ1v) is 7.94. The van der Waals surface area contributed by atoms with Crippen molar-refractivity contribution < 1.29 is 14.3 Å². The maximum Gasteiger partial charge on any atom is 0.308 e. The van der Waals surface area contributed by atoms with Gasteiger partial charge in [0.1, 0.15) is 17.4 Å². The van der Waals surface area contributed by atoms with Gasteiger partial charge in [0.05, 0.1) is 22.2 Å². The molecule has 1 saturated heterocycles. The molecule has 0 amide bonds. The van der Waals surface area contributed by atoms with E-state index in [-0.39, 0.29) is 28.6 Å². The number of nitriles is 1. The summed E-state index contributed by atoms with van der Waals surface area (Å²) in [5.74, 6) is -1.82. The van der Waals surface area contributed by atoms with E-state index in [0.29, 0.717) is 24.0 Å². The molecule has 1 aliphatic rings. The number of hydrogen-bond donors (Lipinski definition) is 1. The maximum atomic E-state index is 14.1. The van der Waals surface area contributed by atoms with Crippen molar-refractivity contribution in [3.8, 4) is 6.07 Å². The van der Waals surface area contributed by atoms with Crippen molar-refractivity contribution in [2.45, 2.75) is 13.3 Å². The van der Waals surface area contributed by atoms with Gasteiger partial charge in [-0.2, -0.15) is 5.26 Å². The molecule has 2 atom stereocenters. The fourth-order valence-corrected chi connectivity index (χ4v) is 3.58. The molecule has 1 aromatic heterocycles. The topological polar surface area (TPSA) is 77.2 Å². The van der Waals surface area contributed by atoms with E-state index in [4.69, 9.17) is 11.6 Å². The summed E-state index contributed by atoms with van der Waals surface area (Å²) in [4.78, 5) is 17.3.